The lowest BCUT2D eigenvalue weighted by atomic mass is 10.5. The second-order valence-corrected chi connectivity index (χ2v) is 5.10. The molecule has 2 aromatic heterocycles. The van der Waals surface area contributed by atoms with Gasteiger partial charge in [-0.2, -0.15) is 0 Å². The third kappa shape index (κ3) is 3.27. The highest BCUT2D eigenvalue weighted by Gasteiger charge is 2.08. The normalized spacial score (nSPS) is 10.1. The van der Waals surface area contributed by atoms with Gasteiger partial charge in [-0.1, -0.05) is 0 Å². The van der Waals surface area contributed by atoms with E-state index in [9.17, 15) is 4.79 Å². The molecule has 0 spiro atoms. The van der Waals surface area contributed by atoms with Crippen LogP contribution in [-0.4, -0.2) is 28.0 Å². The van der Waals surface area contributed by atoms with Crippen molar-refractivity contribution in [1.82, 2.24) is 15.0 Å². The maximum absolute atomic E-state index is 11.2. The molecule has 7 heteroatoms. The van der Waals surface area contributed by atoms with Crippen LogP contribution in [0.5, 0.6) is 0 Å². The van der Waals surface area contributed by atoms with Crippen LogP contribution >= 0.6 is 27.7 Å². The van der Waals surface area contributed by atoms with Crippen LogP contribution in [-0.2, 0) is 4.74 Å². The standard InChI is InChI=1S/C11H8BrN3O2S/c1-17-11(16)8-5-15-10(6-13-8)18-9-3-2-7(12)4-14-9/h2-6H,1H3. The Morgan fingerprint density at radius 3 is 2.50 bits per heavy atom. The predicted octanol–water partition coefficient (Wildman–Crippen LogP) is 2.57. The van der Waals surface area contributed by atoms with Crippen molar-refractivity contribution in [2.45, 2.75) is 10.1 Å². The Bertz CT molecular complexity index is 545. The molecule has 2 aromatic rings. The molecule has 0 amide bonds. The first kappa shape index (κ1) is 13.0. The molecule has 0 saturated carbocycles. The molecule has 0 aromatic carbocycles. The number of methoxy groups -OCH3 is 1. The number of halogens is 1. The van der Waals surface area contributed by atoms with Gasteiger partial charge in [0.2, 0.25) is 0 Å². The molecule has 92 valence electrons. The molecule has 0 saturated heterocycles. The molecule has 0 radical (unpaired) electrons. The fraction of sp³-hybridized carbons (Fsp3) is 0.0909. The Labute approximate surface area is 116 Å². The van der Waals surface area contributed by atoms with Crippen molar-refractivity contribution in [2.24, 2.45) is 0 Å². The van der Waals surface area contributed by atoms with Gasteiger partial charge < -0.3 is 4.74 Å². The van der Waals surface area contributed by atoms with Gasteiger partial charge in [0.1, 0.15) is 10.1 Å². The second-order valence-electron chi connectivity index (χ2n) is 3.15. The molecular formula is C11H8BrN3O2S. The van der Waals surface area contributed by atoms with E-state index in [1.165, 1.54) is 31.3 Å². The van der Waals surface area contributed by atoms with Gasteiger partial charge >= 0.3 is 5.97 Å². The Morgan fingerprint density at radius 1 is 1.17 bits per heavy atom. The molecule has 2 heterocycles. The third-order valence-electron chi connectivity index (χ3n) is 1.93. The summed E-state index contributed by atoms with van der Waals surface area (Å²) < 4.78 is 5.46. The molecule has 0 aliphatic carbocycles. The summed E-state index contributed by atoms with van der Waals surface area (Å²) in [6.45, 7) is 0. The van der Waals surface area contributed by atoms with Crippen molar-refractivity contribution >= 4 is 33.7 Å². The van der Waals surface area contributed by atoms with Crippen molar-refractivity contribution in [2.75, 3.05) is 7.11 Å². The molecule has 0 bridgehead atoms. The largest absolute Gasteiger partial charge is 0.464 e. The van der Waals surface area contributed by atoms with Gasteiger partial charge in [-0.15, -0.1) is 0 Å². The number of carbonyl (C=O) groups is 1. The average Bonchev–Trinajstić information content (AvgIpc) is 2.41. The van der Waals surface area contributed by atoms with Crippen LogP contribution in [0.25, 0.3) is 0 Å². The Balaban J connectivity index is 2.10. The molecule has 0 atom stereocenters. The smallest absolute Gasteiger partial charge is 0.358 e. The summed E-state index contributed by atoms with van der Waals surface area (Å²) in [5.74, 6) is -0.499. The number of hydrogen-bond acceptors (Lipinski definition) is 6. The van der Waals surface area contributed by atoms with Crippen molar-refractivity contribution in [3.63, 3.8) is 0 Å². The lowest BCUT2D eigenvalue weighted by molar-refractivity contribution is 0.0593. The zero-order valence-electron chi connectivity index (χ0n) is 9.33. The van der Waals surface area contributed by atoms with Crippen LogP contribution in [0, 0.1) is 0 Å². The van der Waals surface area contributed by atoms with E-state index in [1.807, 2.05) is 12.1 Å². The van der Waals surface area contributed by atoms with Crippen LogP contribution in [0.1, 0.15) is 10.5 Å². The minimum absolute atomic E-state index is 0.186. The van der Waals surface area contributed by atoms with Crippen LogP contribution in [0.3, 0.4) is 0 Å². The van der Waals surface area contributed by atoms with Crippen LogP contribution in [0.15, 0.2) is 45.2 Å². The van der Waals surface area contributed by atoms with Crippen LogP contribution in [0.4, 0.5) is 0 Å². The maximum Gasteiger partial charge on any atom is 0.358 e. The second kappa shape index (κ2) is 5.92. The molecule has 2 rings (SSSR count). The Morgan fingerprint density at radius 2 is 1.94 bits per heavy atom. The van der Waals surface area contributed by atoms with E-state index in [4.69, 9.17) is 0 Å². The number of pyridine rings is 1. The number of nitrogens with zero attached hydrogens (tertiary/aromatic N) is 3. The van der Waals surface area contributed by atoms with Gasteiger partial charge in [-0.3, -0.25) is 0 Å². The fourth-order valence-electron chi connectivity index (χ4n) is 1.11. The van der Waals surface area contributed by atoms with Crippen molar-refractivity contribution in [1.29, 1.82) is 0 Å². The van der Waals surface area contributed by atoms with Gasteiger partial charge in [0.05, 0.1) is 19.5 Å². The zero-order valence-corrected chi connectivity index (χ0v) is 11.7. The van der Waals surface area contributed by atoms with Crippen LogP contribution < -0.4 is 0 Å². The first-order valence-electron chi connectivity index (χ1n) is 4.89. The van der Waals surface area contributed by atoms with E-state index >= 15 is 0 Å². The van der Waals surface area contributed by atoms with Crippen LogP contribution in [0.2, 0.25) is 0 Å². The fourth-order valence-corrected chi connectivity index (χ4v) is 2.01. The molecule has 0 aliphatic heterocycles. The molecule has 5 nitrogen and oxygen atoms in total. The highest BCUT2D eigenvalue weighted by Crippen LogP contribution is 2.24. The van der Waals surface area contributed by atoms with E-state index in [1.54, 1.807) is 6.20 Å². The molecular weight excluding hydrogens is 318 g/mol. The van der Waals surface area contributed by atoms with E-state index in [0.29, 0.717) is 5.03 Å². The highest BCUT2D eigenvalue weighted by molar-refractivity contribution is 9.10. The lowest BCUT2D eigenvalue weighted by Crippen LogP contribution is -2.04. The SMILES string of the molecule is COC(=O)c1cnc(Sc2ccc(Br)cn2)cn1. The first-order chi connectivity index (χ1) is 8.69. The van der Waals surface area contributed by atoms with E-state index < -0.39 is 5.97 Å². The van der Waals surface area contributed by atoms with E-state index in [2.05, 4.69) is 35.6 Å². The molecule has 0 unspecified atom stereocenters. The number of carbonyl (C=O) groups excluding carboxylic acids is 1. The summed E-state index contributed by atoms with van der Waals surface area (Å²) in [5.41, 5.74) is 0.186. The summed E-state index contributed by atoms with van der Waals surface area (Å²) >= 11 is 4.68. The summed E-state index contributed by atoms with van der Waals surface area (Å²) in [7, 11) is 1.30. The Hall–Kier alpha value is -1.47. The number of rotatable bonds is 3. The molecule has 0 fully saturated rings. The quantitative estimate of drug-likeness (QED) is 0.808. The van der Waals surface area contributed by atoms with Gasteiger partial charge in [-0.25, -0.2) is 19.7 Å². The number of ether oxygens (including phenoxy) is 1. The van der Waals surface area contributed by atoms with Gasteiger partial charge in [0.15, 0.2) is 5.69 Å². The lowest BCUT2D eigenvalue weighted by Gasteiger charge is -2.01. The number of hydrogen-bond donors (Lipinski definition) is 0. The predicted molar refractivity (Wildman–Crippen MR) is 69.4 cm³/mol. The minimum Gasteiger partial charge on any atom is -0.464 e. The average molecular weight is 326 g/mol. The van der Waals surface area contributed by atoms with E-state index in [0.717, 1.165) is 9.50 Å². The summed E-state index contributed by atoms with van der Waals surface area (Å²) in [6.07, 6.45) is 4.60. The topological polar surface area (TPSA) is 65.0 Å². The zero-order chi connectivity index (χ0) is 13.0. The molecule has 18 heavy (non-hydrogen) atoms. The van der Waals surface area contributed by atoms with Crippen molar-refractivity contribution in [3.05, 3.63) is 40.9 Å². The highest BCUT2D eigenvalue weighted by atomic mass is 79.9. The summed E-state index contributed by atoms with van der Waals surface area (Å²) in [4.78, 5) is 23.5. The minimum atomic E-state index is -0.499. The van der Waals surface area contributed by atoms with Crippen molar-refractivity contribution in [3.8, 4) is 0 Å². The van der Waals surface area contributed by atoms with E-state index in [-0.39, 0.29) is 5.69 Å². The van der Waals surface area contributed by atoms with Crippen molar-refractivity contribution < 1.29 is 9.53 Å². The number of aromatic nitrogens is 3. The molecule has 0 N–H and O–H groups in total. The monoisotopic (exact) mass is 325 g/mol. The van der Waals surface area contributed by atoms with Gasteiger partial charge in [0, 0.05) is 10.7 Å². The Kier molecular flexibility index (Phi) is 4.27. The molecule has 0 aliphatic rings. The maximum atomic E-state index is 11.2. The summed E-state index contributed by atoms with van der Waals surface area (Å²) in [5, 5.41) is 1.47. The first-order valence-corrected chi connectivity index (χ1v) is 6.50. The van der Waals surface area contributed by atoms with Gasteiger partial charge in [0.25, 0.3) is 0 Å². The summed E-state index contributed by atoms with van der Waals surface area (Å²) in [6, 6.07) is 3.76. The van der Waals surface area contributed by atoms with Gasteiger partial charge in [-0.05, 0) is 39.8 Å². The third-order valence-corrected chi connectivity index (χ3v) is 3.27. The number of esters is 1.